The Bertz CT molecular complexity index is 559. The van der Waals surface area contributed by atoms with Crippen LogP contribution in [0.1, 0.15) is 5.56 Å². The number of alkyl halides is 2. The van der Waals surface area contributed by atoms with E-state index in [0.717, 1.165) is 0 Å². The van der Waals surface area contributed by atoms with Crippen LogP contribution in [0, 0.1) is 0 Å². The molecule has 2 aromatic carbocycles. The molecule has 100 valence electrons. The molecule has 0 fully saturated rings. The molecule has 0 unspecified atom stereocenters. The maximum absolute atomic E-state index is 13.9. The topological polar surface area (TPSA) is 9.23 Å². The van der Waals surface area contributed by atoms with Gasteiger partial charge in [0.15, 0.2) is 6.61 Å². The highest BCUT2D eigenvalue weighted by Crippen LogP contribution is 2.32. The Morgan fingerprint density at radius 3 is 2.37 bits per heavy atom. The summed E-state index contributed by atoms with van der Waals surface area (Å²) in [6.45, 7) is -0.795. The highest BCUT2D eigenvalue weighted by molar-refractivity contribution is 6.34. The van der Waals surface area contributed by atoms with Crippen molar-refractivity contribution in [2.45, 2.75) is 5.92 Å². The molecule has 0 radical (unpaired) electrons. The van der Waals surface area contributed by atoms with Crippen molar-refractivity contribution in [3.8, 4) is 5.75 Å². The molecule has 0 N–H and O–H groups in total. The molecule has 0 aliphatic heterocycles. The molecular weight excluding hydrogens is 293 g/mol. The van der Waals surface area contributed by atoms with E-state index >= 15 is 0 Å². The van der Waals surface area contributed by atoms with Crippen molar-refractivity contribution in [2.24, 2.45) is 0 Å². The summed E-state index contributed by atoms with van der Waals surface area (Å²) < 4.78 is 32.8. The maximum Gasteiger partial charge on any atom is 0.306 e. The SMILES string of the molecule is FC(F)(COc1cc(Cl)ccc1Cl)c1ccccc1. The summed E-state index contributed by atoms with van der Waals surface area (Å²) in [5.41, 5.74) is -0.104. The van der Waals surface area contributed by atoms with Crippen LogP contribution in [0.4, 0.5) is 8.78 Å². The lowest BCUT2D eigenvalue weighted by Crippen LogP contribution is -2.23. The van der Waals surface area contributed by atoms with Crippen molar-refractivity contribution in [2.75, 3.05) is 6.61 Å². The van der Waals surface area contributed by atoms with E-state index in [-0.39, 0.29) is 16.3 Å². The Balaban J connectivity index is 2.12. The van der Waals surface area contributed by atoms with E-state index in [1.165, 1.54) is 24.3 Å². The molecule has 0 saturated heterocycles. The molecule has 0 spiro atoms. The molecule has 1 nitrogen and oxygen atoms in total. The number of ether oxygens (including phenoxy) is 1. The molecule has 0 saturated carbocycles. The van der Waals surface area contributed by atoms with E-state index in [1.54, 1.807) is 24.3 Å². The summed E-state index contributed by atoms with van der Waals surface area (Å²) in [6.07, 6.45) is 0. The van der Waals surface area contributed by atoms with Crippen LogP contribution in [0.15, 0.2) is 48.5 Å². The van der Waals surface area contributed by atoms with Crippen LogP contribution < -0.4 is 4.74 Å². The summed E-state index contributed by atoms with van der Waals surface area (Å²) in [6, 6.07) is 11.9. The van der Waals surface area contributed by atoms with Gasteiger partial charge < -0.3 is 4.74 Å². The Kier molecular flexibility index (Phi) is 4.27. The Hall–Kier alpha value is -1.32. The standard InChI is InChI=1S/C14H10Cl2F2O/c15-11-6-7-12(16)13(8-11)19-9-14(17,18)10-4-2-1-3-5-10/h1-8H,9H2. The van der Waals surface area contributed by atoms with Crippen LogP contribution in [-0.2, 0) is 5.92 Å². The monoisotopic (exact) mass is 302 g/mol. The van der Waals surface area contributed by atoms with Crippen LogP contribution in [0.5, 0.6) is 5.75 Å². The molecule has 0 heterocycles. The fourth-order valence-corrected chi connectivity index (χ4v) is 1.86. The Morgan fingerprint density at radius 1 is 1.00 bits per heavy atom. The predicted molar refractivity (Wildman–Crippen MR) is 72.3 cm³/mol. The molecule has 0 atom stereocenters. The van der Waals surface area contributed by atoms with Crippen molar-refractivity contribution in [3.63, 3.8) is 0 Å². The first-order valence-corrected chi connectivity index (χ1v) is 6.26. The second-order valence-corrected chi connectivity index (χ2v) is 4.78. The zero-order valence-electron chi connectivity index (χ0n) is 9.75. The summed E-state index contributed by atoms with van der Waals surface area (Å²) in [5, 5.41) is 0.621. The largest absolute Gasteiger partial charge is 0.485 e. The van der Waals surface area contributed by atoms with E-state index in [1.807, 2.05) is 0 Å². The van der Waals surface area contributed by atoms with Gasteiger partial charge in [-0.15, -0.1) is 0 Å². The third-order valence-corrected chi connectivity index (χ3v) is 3.05. The Morgan fingerprint density at radius 2 is 1.68 bits per heavy atom. The van der Waals surface area contributed by atoms with Crippen LogP contribution in [0.3, 0.4) is 0 Å². The van der Waals surface area contributed by atoms with Crippen LogP contribution in [0.25, 0.3) is 0 Å². The van der Waals surface area contributed by atoms with Gasteiger partial charge in [-0.2, -0.15) is 8.78 Å². The van der Waals surface area contributed by atoms with Crippen molar-refractivity contribution in [1.82, 2.24) is 0 Å². The smallest absolute Gasteiger partial charge is 0.306 e. The first-order valence-electron chi connectivity index (χ1n) is 5.50. The van der Waals surface area contributed by atoms with Gasteiger partial charge in [-0.3, -0.25) is 0 Å². The number of halogens is 4. The molecule has 2 aromatic rings. The van der Waals surface area contributed by atoms with Gasteiger partial charge in [0.2, 0.25) is 0 Å². The molecule has 0 amide bonds. The maximum atomic E-state index is 13.9. The van der Waals surface area contributed by atoms with Gasteiger partial charge in [-0.1, -0.05) is 53.5 Å². The summed E-state index contributed by atoms with van der Waals surface area (Å²) >= 11 is 11.6. The third-order valence-electron chi connectivity index (χ3n) is 2.50. The third kappa shape index (κ3) is 3.58. The van der Waals surface area contributed by atoms with Gasteiger partial charge in [0.25, 0.3) is 0 Å². The van der Waals surface area contributed by atoms with Crippen molar-refractivity contribution in [1.29, 1.82) is 0 Å². The van der Waals surface area contributed by atoms with Gasteiger partial charge in [-0.25, -0.2) is 0 Å². The van der Waals surface area contributed by atoms with E-state index in [9.17, 15) is 8.78 Å². The first kappa shape index (κ1) is 14.1. The molecular formula is C14H10Cl2F2O. The van der Waals surface area contributed by atoms with Crippen molar-refractivity contribution < 1.29 is 13.5 Å². The van der Waals surface area contributed by atoms with Gasteiger partial charge >= 0.3 is 5.92 Å². The average molecular weight is 303 g/mol. The zero-order valence-corrected chi connectivity index (χ0v) is 11.3. The normalized spacial score (nSPS) is 11.4. The fourth-order valence-electron chi connectivity index (χ4n) is 1.52. The summed E-state index contributed by atoms with van der Waals surface area (Å²) in [5.74, 6) is -2.95. The molecule has 5 heteroatoms. The molecule has 0 aromatic heterocycles. The fraction of sp³-hybridized carbons (Fsp3) is 0.143. The first-order chi connectivity index (χ1) is 8.99. The molecule has 0 aliphatic carbocycles. The second-order valence-electron chi connectivity index (χ2n) is 3.93. The minimum absolute atomic E-state index is 0.104. The summed E-state index contributed by atoms with van der Waals surface area (Å²) in [4.78, 5) is 0. The lowest BCUT2D eigenvalue weighted by Gasteiger charge is -2.18. The average Bonchev–Trinajstić information content (AvgIpc) is 2.41. The molecule has 0 aliphatic rings. The summed E-state index contributed by atoms with van der Waals surface area (Å²) in [7, 11) is 0. The molecule has 0 bridgehead atoms. The Labute approximate surface area is 119 Å². The van der Waals surface area contributed by atoms with Gasteiger partial charge in [-0.05, 0) is 12.1 Å². The van der Waals surface area contributed by atoms with E-state index in [4.69, 9.17) is 27.9 Å². The molecule has 2 rings (SSSR count). The van der Waals surface area contributed by atoms with E-state index in [2.05, 4.69) is 0 Å². The highest BCUT2D eigenvalue weighted by atomic mass is 35.5. The van der Waals surface area contributed by atoms with Crippen LogP contribution >= 0.6 is 23.2 Å². The minimum atomic E-state index is -3.09. The predicted octanol–water partition coefficient (Wildman–Crippen LogP) is 5.16. The van der Waals surface area contributed by atoms with E-state index < -0.39 is 12.5 Å². The van der Waals surface area contributed by atoms with Crippen molar-refractivity contribution in [3.05, 3.63) is 64.1 Å². The number of hydrogen-bond donors (Lipinski definition) is 0. The number of hydrogen-bond acceptors (Lipinski definition) is 1. The number of rotatable bonds is 4. The minimum Gasteiger partial charge on any atom is -0.485 e. The van der Waals surface area contributed by atoms with Gasteiger partial charge in [0.1, 0.15) is 5.75 Å². The van der Waals surface area contributed by atoms with Gasteiger partial charge in [0, 0.05) is 16.7 Å². The molecule has 19 heavy (non-hydrogen) atoms. The number of benzene rings is 2. The van der Waals surface area contributed by atoms with Gasteiger partial charge in [0.05, 0.1) is 5.02 Å². The zero-order chi connectivity index (χ0) is 13.9. The highest BCUT2D eigenvalue weighted by Gasteiger charge is 2.32. The van der Waals surface area contributed by atoms with E-state index in [0.29, 0.717) is 5.02 Å². The quantitative estimate of drug-likeness (QED) is 0.757. The van der Waals surface area contributed by atoms with Crippen LogP contribution in [-0.4, -0.2) is 6.61 Å². The lowest BCUT2D eigenvalue weighted by atomic mass is 10.1. The van der Waals surface area contributed by atoms with Crippen LogP contribution in [0.2, 0.25) is 10.0 Å². The van der Waals surface area contributed by atoms with Crippen molar-refractivity contribution >= 4 is 23.2 Å². The second kappa shape index (κ2) is 5.76. The lowest BCUT2D eigenvalue weighted by molar-refractivity contribution is -0.0466.